The van der Waals surface area contributed by atoms with Crippen molar-refractivity contribution in [1.82, 2.24) is 36.8 Å². The number of nitrogens with zero attached hydrogens (tertiary/aromatic N) is 2. The van der Waals surface area contributed by atoms with Crippen molar-refractivity contribution in [2.24, 2.45) is 39.8 Å². The molecule has 3 rings (SSSR count). The van der Waals surface area contributed by atoms with Crippen LogP contribution < -0.4 is 54.8 Å². The predicted octanol–water partition coefficient (Wildman–Crippen LogP) is -1.58. The Hall–Kier alpha value is -5.70. The number of phenolic OH excluding ortho intramolecular Hbond substituents is 1. The Bertz CT molecular complexity index is 1790. The number of rotatable bonds is 25. The third kappa shape index (κ3) is 17.5. The van der Waals surface area contributed by atoms with Gasteiger partial charge in [-0.15, -0.1) is 12.4 Å². The number of primary amides is 1. The van der Waals surface area contributed by atoms with Crippen LogP contribution in [0.15, 0.2) is 29.3 Å². The molecule has 22 heteroatoms. The Balaban J connectivity index is 0.0000141. The number of hydrogen-bond acceptors (Lipinski definition) is 11. The number of carbonyl (C=O) groups is 8. The van der Waals surface area contributed by atoms with E-state index in [2.05, 4.69) is 36.9 Å². The van der Waals surface area contributed by atoms with Crippen LogP contribution in [0.1, 0.15) is 97.5 Å². The van der Waals surface area contributed by atoms with Gasteiger partial charge in [0, 0.05) is 25.9 Å². The molecular weight excluding hydrogens is 852 g/mol. The number of nitrogens with two attached hydrogens (primary N) is 4. The number of phenols is 1. The molecule has 0 radical (unpaired) electrons. The maximum atomic E-state index is 14.3. The molecule has 0 bridgehead atoms. The average Bonchev–Trinajstić information content (AvgIpc) is 3.90. The third-order valence-electron chi connectivity index (χ3n) is 10.9. The summed E-state index contributed by atoms with van der Waals surface area (Å²) < 4.78 is 0. The molecule has 0 spiro atoms. The molecule has 1 aromatic rings. The van der Waals surface area contributed by atoms with Crippen LogP contribution in [0.25, 0.3) is 0 Å². The number of carbonyl (C=O) groups excluding carboxylic acids is 8. The van der Waals surface area contributed by atoms with E-state index in [-0.39, 0.29) is 94.0 Å². The standard InChI is InChI=1S/C42H68N12O9.ClH/c1-23(2)21-30(51-36(58)27(9-5-6-18-43)49-40(62)34(24(3)4)53-37(59)28-16-17-33(56)48-28)38(60)52-31(22-25-12-14-26(55)15-13-25)39(61)50-29(10-7-19-47-42(45)46)41(63)54-20-8-11-32(54)35(44)57;/h12-15,23-24,27-32,34,55H,5-11,16-22,43H2,1-4H3,(H2,44,57)(H,48,56)(H,49,62)(H,50,61)(H,51,58)(H,52,60)(H,53,59)(H4,45,46,47);1H/t27-,28-,29-,30-,31-,32-,34-;/m0./s1. The molecule has 2 fully saturated rings. The third-order valence-corrected chi connectivity index (χ3v) is 10.9. The summed E-state index contributed by atoms with van der Waals surface area (Å²) in [5, 5.41) is 26.3. The van der Waals surface area contributed by atoms with Crippen molar-refractivity contribution in [2.75, 3.05) is 19.6 Å². The lowest BCUT2D eigenvalue weighted by atomic mass is 9.99. The topological polar surface area (TPSA) is 349 Å². The van der Waals surface area contributed by atoms with Crippen LogP contribution in [0, 0.1) is 11.8 Å². The summed E-state index contributed by atoms with van der Waals surface area (Å²) in [6.07, 6.45) is 2.89. The summed E-state index contributed by atoms with van der Waals surface area (Å²) in [6.45, 7) is 7.85. The van der Waals surface area contributed by atoms with Crippen LogP contribution >= 0.6 is 12.4 Å². The van der Waals surface area contributed by atoms with Crippen LogP contribution in [-0.2, 0) is 44.8 Å². The molecule has 358 valence electrons. The Labute approximate surface area is 380 Å². The summed E-state index contributed by atoms with van der Waals surface area (Å²) in [7, 11) is 0. The lowest BCUT2D eigenvalue weighted by Crippen LogP contribution is -2.60. The first kappa shape index (κ1) is 54.4. The number of hydrogen-bond donors (Lipinski definition) is 11. The quantitative estimate of drug-likeness (QED) is 0.0301. The number of guanidine groups is 1. The highest BCUT2D eigenvalue weighted by Crippen LogP contribution is 2.20. The van der Waals surface area contributed by atoms with E-state index in [4.69, 9.17) is 22.9 Å². The minimum Gasteiger partial charge on any atom is -0.508 e. The van der Waals surface area contributed by atoms with Gasteiger partial charge in [0.15, 0.2) is 5.96 Å². The number of aromatic hydroxyl groups is 1. The van der Waals surface area contributed by atoms with Crippen LogP contribution in [0.2, 0.25) is 0 Å². The Kier molecular flexibility index (Phi) is 22.8. The van der Waals surface area contributed by atoms with Gasteiger partial charge < -0.3 is 64.8 Å². The van der Waals surface area contributed by atoms with Crippen molar-refractivity contribution in [1.29, 1.82) is 0 Å². The number of unbranched alkanes of at least 4 members (excludes halogenated alkanes) is 1. The van der Waals surface area contributed by atoms with Gasteiger partial charge in [0.05, 0.1) is 0 Å². The Morgan fingerprint density at radius 2 is 1.39 bits per heavy atom. The van der Waals surface area contributed by atoms with Gasteiger partial charge in [-0.25, -0.2) is 0 Å². The van der Waals surface area contributed by atoms with Gasteiger partial charge in [-0.1, -0.05) is 39.8 Å². The molecule has 0 aliphatic carbocycles. The SMILES string of the molecule is CC(C)C[C@H](NC(=O)[C@H](CCCCN)NC(=O)[C@@H](NC(=O)[C@@H]1CCC(=O)N1)C(C)C)C(=O)N[C@@H](Cc1ccc(O)cc1)C(=O)N[C@@H](CCCN=C(N)N)C(=O)N1CCC[C@H]1C(N)=O.Cl. The fraction of sp³-hybridized carbons (Fsp3) is 0.643. The van der Waals surface area contributed by atoms with Crippen LogP contribution in [-0.4, -0.2) is 125 Å². The van der Waals surface area contributed by atoms with Crippen molar-refractivity contribution in [3.8, 4) is 5.75 Å². The molecule has 15 N–H and O–H groups in total. The van der Waals surface area contributed by atoms with E-state index in [0.29, 0.717) is 37.8 Å². The van der Waals surface area contributed by atoms with Crippen LogP contribution in [0.4, 0.5) is 0 Å². The van der Waals surface area contributed by atoms with Crippen molar-refractivity contribution in [3.63, 3.8) is 0 Å². The number of nitrogens with one attached hydrogen (secondary N) is 6. The molecule has 64 heavy (non-hydrogen) atoms. The molecule has 7 atom stereocenters. The molecule has 1 aromatic carbocycles. The Morgan fingerprint density at radius 3 is 1.97 bits per heavy atom. The zero-order valence-corrected chi connectivity index (χ0v) is 38.0. The number of halogens is 1. The van der Waals surface area contributed by atoms with E-state index >= 15 is 0 Å². The second kappa shape index (κ2) is 26.8. The predicted molar refractivity (Wildman–Crippen MR) is 241 cm³/mol. The van der Waals surface area contributed by atoms with E-state index in [9.17, 15) is 43.5 Å². The average molecular weight is 922 g/mol. The summed E-state index contributed by atoms with van der Waals surface area (Å²) >= 11 is 0. The van der Waals surface area contributed by atoms with Crippen LogP contribution in [0.3, 0.4) is 0 Å². The number of amides is 8. The molecule has 21 nitrogen and oxygen atoms in total. The van der Waals surface area contributed by atoms with Crippen molar-refractivity contribution < 1.29 is 43.5 Å². The lowest BCUT2D eigenvalue weighted by Gasteiger charge is -2.30. The zero-order chi connectivity index (χ0) is 46.8. The number of likely N-dealkylation sites (tertiary alicyclic amines) is 1. The monoisotopic (exact) mass is 920 g/mol. The summed E-state index contributed by atoms with van der Waals surface area (Å²) in [5.74, 6) is -5.51. The second-order valence-corrected chi connectivity index (χ2v) is 17.0. The summed E-state index contributed by atoms with van der Waals surface area (Å²) in [6, 6.07) is -1.54. The van der Waals surface area contributed by atoms with E-state index in [1.54, 1.807) is 26.0 Å². The molecule has 2 saturated heterocycles. The molecule has 2 heterocycles. The molecule has 0 aromatic heterocycles. The van der Waals surface area contributed by atoms with Crippen LogP contribution in [0.5, 0.6) is 5.75 Å². The van der Waals surface area contributed by atoms with E-state index in [1.807, 2.05) is 13.8 Å². The fourth-order valence-corrected chi connectivity index (χ4v) is 7.51. The van der Waals surface area contributed by atoms with Gasteiger partial charge >= 0.3 is 0 Å². The highest BCUT2D eigenvalue weighted by molar-refractivity contribution is 5.98. The number of benzene rings is 1. The van der Waals surface area contributed by atoms with Gasteiger partial charge in [0.2, 0.25) is 47.3 Å². The first-order valence-corrected chi connectivity index (χ1v) is 21.8. The normalized spacial score (nSPS) is 18.0. The second-order valence-electron chi connectivity index (χ2n) is 17.0. The van der Waals surface area contributed by atoms with Gasteiger partial charge in [-0.3, -0.25) is 43.3 Å². The minimum absolute atomic E-state index is 0. The van der Waals surface area contributed by atoms with Crippen molar-refractivity contribution >= 4 is 65.6 Å². The van der Waals surface area contributed by atoms with E-state index in [0.717, 1.165) is 0 Å². The molecule has 0 unspecified atom stereocenters. The van der Waals surface area contributed by atoms with Gasteiger partial charge in [0.25, 0.3) is 0 Å². The molecule has 2 aliphatic rings. The highest BCUT2D eigenvalue weighted by atomic mass is 35.5. The molecule has 2 aliphatic heterocycles. The molecule has 8 amide bonds. The lowest BCUT2D eigenvalue weighted by molar-refractivity contribution is -0.141. The minimum atomic E-state index is -1.31. The maximum Gasteiger partial charge on any atom is 0.245 e. The van der Waals surface area contributed by atoms with E-state index < -0.39 is 89.6 Å². The summed E-state index contributed by atoms with van der Waals surface area (Å²) in [5.41, 5.74) is 22.9. The largest absolute Gasteiger partial charge is 0.508 e. The smallest absolute Gasteiger partial charge is 0.245 e. The van der Waals surface area contributed by atoms with Gasteiger partial charge in [-0.2, -0.15) is 0 Å². The maximum absolute atomic E-state index is 14.3. The van der Waals surface area contributed by atoms with Crippen molar-refractivity contribution in [2.45, 2.75) is 141 Å². The number of aliphatic imine (C=N–C) groups is 1. The Morgan fingerprint density at radius 1 is 0.797 bits per heavy atom. The van der Waals surface area contributed by atoms with E-state index in [1.165, 1.54) is 17.0 Å². The van der Waals surface area contributed by atoms with Gasteiger partial charge in [0.1, 0.15) is 48.0 Å². The molecular formula is C42H69ClN12O9. The highest BCUT2D eigenvalue weighted by Gasteiger charge is 2.39. The van der Waals surface area contributed by atoms with Crippen molar-refractivity contribution in [3.05, 3.63) is 29.8 Å². The fourth-order valence-electron chi connectivity index (χ4n) is 7.51. The first-order valence-electron chi connectivity index (χ1n) is 21.8. The first-order chi connectivity index (χ1) is 29.8. The van der Waals surface area contributed by atoms with Gasteiger partial charge in [-0.05, 0) is 93.9 Å². The summed E-state index contributed by atoms with van der Waals surface area (Å²) in [4.78, 5) is 113. The molecule has 0 saturated carbocycles. The zero-order valence-electron chi connectivity index (χ0n) is 37.2.